The van der Waals surface area contributed by atoms with Gasteiger partial charge in [0.1, 0.15) is 30.9 Å². The number of nitrogens with zero attached hydrogens (tertiary/aromatic N) is 4. The number of carbonyl (C=O) groups excluding carboxylic acids is 1. The molecule has 2 heterocycles. The second-order valence-corrected chi connectivity index (χ2v) is 6.30. The molecule has 0 radical (unpaired) electrons. The van der Waals surface area contributed by atoms with E-state index in [1.165, 1.54) is 6.33 Å². The maximum atomic E-state index is 11.8. The van der Waals surface area contributed by atoms with Gasteiger partial charge in [0.15, 0.2) is 0 Å². The van der Waals surface area contributed by atoms with Gasteiger partial charge in [-0.05, 0) is 19.4 Å². The zero-order valence-corrected chi connectivity index (χ0v) is 16.1. The van der Waals surface area contributed by atoms with Crippen LogP contribution in [0.1, 0.15) is 17.0 Å². The van der Waals surface area contributed by atoms with Crippen LogP contribution in [0.5, 0.6) is 0 Å². The quantitative estimate of drug-likeness (QED) is 0.552. The van der Waals surface area contributed by atoms with E-state index >= 15 is 0 Å². The van der Waals surface area contributed by atoms with Crippen molar-refractivity contribution in [1.29, 1.82) is 0 Å². The van der Waals surface area contributed by atoms with E-state index in [2.05, 4.69) is 25.6 Å². The van der Waals surface area contributed by atoms with Crippen molar-refractivity contribution in [1.82, 2.24) is 24.8 Å². The molecule has 3 rings (SSSR count). The fourth-order valence-electron chi connectivity index (χ4n) is 2.58. The number of benzene rings is 1. The van der Waals surface area contributed by atoms with E-state index < -0.39 is 0 Å². The Hall–Kier alpha value is -3.26. The Kier molecular flexibility index (Phi) is 6.69. The zero-order chi connectivity index (χ0) is 19.8. The van der Waals surface area contributed by atoms with E-state index in [-0.39, 0.29) is 12.5 Å². The highest BCUT2D eigenvalue weighted by atomic mass is 16.5. The van der Waals surface area contributed by atoms with Crippen molar-refractivity contribution in [3.8, 4) is 5.82 Å². The lowest BCUT2D eigenvalue weighted by molar-refractivity contribution is -0.126. The fourth-order valence-corrected chi connectivity index (χ4v) is 2.58. The van der Waals surface area contributed by atoms with Gasteiger partial charge in [0.2, 0.25) is 5.91 Å². The van der Waals surface area contributed by atoms with Crippen molar-refractivity contribution in [3.05, 3.63) is 66.0 Å². The summed E-state index contributed by atoms with van der Waals surface area (Å²) in [4.78, 5) is 24.6. The standard InChI is InChI=1S/C20H24N6O2/c1-15-16(2)26(14-25-15)19-10-18(23-13-24-19)21-8-9-22-20(27)12-28-11-17-6-4-3-5-7-17/h3-7,10,13-14H,8-9,11-12H2,1-2H3,(H,22,27)(H,21,23,24). The van der Waals surface area contributed by atoms with Gasteiger partial charge in [-0.2, -0.15) is 0 Å². The molecule has 8 heteroatoms. The van der Waals surface area contributed by atoms with Crippen molar-refractivity contribution in [2.24, 2.45) is 0 Å². The van der Waals surface area contributed by atoms with Crippen molar-refractivity contribution < 1.29 is 9.53 Å². The SMILES string of the molecule is Cc1ncn(-c2cc(NCCNC(=O)COCc3ccccc3)ncn2)c1C. The normalized spacial score (nSPS) is 10.6. The van der Waals surface area contributed by atoms with Gasteiger partial charge in [-0.3, -0.25) is 9.36 Å². The summed E-state index contributed by atoms with van der Waals surface area (Å²) in [6, 6.07) is 11.6. The van der Waals surface area contributed by atoms with E-state index in [1.807, 2.05) is 54.8 Å². The molecule has 3 aromatic rings. The van der Waals surface area contributed by atoms with Crippen LogP contribution in [0.15, 0.2) is 49.1 Å². The number of aryl methyl sites for hydroxylation is 1. The van der Waals surface area contributed by atoms with Crippen LogP contribution in [0.25, 0.3) is 5.82 Å². The highest BCUT2D eigenvalue weighted by Crippen LogP contribution is 2.13. The van der Waals surface area contributed by atoms with Gasteiger partial charge in [0.25, 0.3) is 0 Å². The Balaban J connectivity index is 1.39. The molecule has 0 fully saturated rings. The summed E-state index contributed by atoms with van der Waals surface area (Å²) < 4.78 is 7.32. The number of imidazole rings is 1. The summed E-state index contributed by atoms with van der Waals surface area (Å²) in [6.07, 6.45) is 3.24. The molecule has 1 aromatic carbocycles. The number of aromatic nitrogens is 4. The summed E-state index contributed by atoms with van der Waals surface area (Å²) in [6.45, 7) is 5.42. The van der Waals surface area contributed by atoms with E-state index in [9.17, 15) is 4.79 Å². The summed E-state index contributed by atoms with van der Waals surface area (Å²) in [5, 5.41) is 5.99. The average Bonchev–Trinajstić information content (AvgIpc) is 3.05. The Morgan fingerprint density at radius 3 is 2.68 bits per heavy atom. The molecule has 0 saturated heterocycles. The van der Waals surface area contributed by atoms with Crippen LogP contribution < -0.4 is 10.6 Å². The lowest BCUT2D eigenvalue weighted by Crippen LogP contribution is -2.31. The first-order valence-electron chi connectivity index (χ1n) is 9.08. The topological polar surface area (TPSA) is 94.0 Å². The van der Waals surface area contributed by atoms with Crippen molar-refractivity contribution in [2.45, 2.75) is 20.5 Å². The lowest BCUT2D eigenvalue weighted by Gasteiger charge is -2.09. The average molecular weight is 380 g/mol. The Labute approximate surface area is 164 Å². The molecule has 1 amide bonds. The number of carbonyl (C=O) groups is 1. The van der Waals surface area contributed by atoms with Crippen molar-refractivity contribution in [2.75, 3.05) is 25.0 Å². The lowest BCUT2D eigenvalue weighted by atomic mass is 10.2. The van der Waals surface area contributed by atoms with Gasteiger partial charge in [-0.15, -0.1) is 0 Å². The monoisotopic (exact) mass is 380 g/mol. The second kappa shape index (κ2) is 9.61. The minimum Gasteiger partial charge on any atom is -0.368 e. The molecule has 0 bridgehead atoms. The summed E-state index contributed by atoms with van der Waals surface area (Å²) in [7, 11) is 0. The first kappa shape index (κ1) is 19.5. The minimum atomic E-state index is -0.148. The molecule has 0 aliphatic carbocycles. The third-order valence-corrected chi connectivity index (χ3v) is 4.25. The van der Waals surface area contributed by atoms with Crippen LogP contribution in [0, 0.1) is 13.8 Å². The van der Waals surface area contributed by atoms with E-state index in [0.717, 1.165) is 22.8 Å². The molecule has 2 aromatic heterocycles. The van der Waals surface area contributed by atoms with Crippen LogP contribution in [-0.2, 0) is 16.1 Å². The molecule has 28 heavy (non-hydrogen) atoms. The van der Waals surface area contributed by atoms with Crippen molar-refractivity contribution in [3.63, 3.8) is 0 Å². The third kappa shape index (κ3) is 5.37. The van der Waals surface area contributed by atoms with Crippen LogP contribution in [-0.4, -0.2) is 45.1 Å². The maximum absolute atomic E-state index is 11.8. The molecule has 146 valence electrons. The number of anilines is 1. The molecular formula is C20H24N6O2. The summed E-state index contributed by atoms with van der Waals surface area (Å²) >= 11 is 0. The maximum Gasteiger partial charge on any atom is 0.246 e. The molecule has 0 atom stereocenters. The van der Waals surface area contributed by atoms with Crippen LogP contribution in [0.3, 0.4) is 0 Å². The van der Waals surface area contributed by atoms with E-state index in [1.54, 1.807) is 6.33 Å². The minimum absolute atomic E-state index is 0.0335. The van der Waals surface area contributed by atoms with Gasteiger partial charge in [0.05, 0.1) is 12.3 Å². The predicted molar refractivity (Wildman–Crippen MR) is 106 cm³/mol. The molecular weight excluding hydrogens is 356 g/mol. The summed E-state index contributed by atoms with van der Waals surface area (Å²) in [5.41, 5.74) is 3.04. The smallest absolute Gasteiger partial charge is 0.246 e. The predicted octanol–water partition coefficient (Wildman–Crippen LogP) is 2.02. The van der Waals surface area contributed by atoms with Gasteiger partial charge >= 0.3 is 0 Å². The molecule has 0 saturated carbocycles. The Morgan fingerprint density at radius 2 is 1.93 bits per heavy atom. The molecule has 0 unspecified atom stereocenters. The van der Waals surface area contributed by atoms with Gasteiger partial charge in [-0.1, -0.05) is 30.3 Å². The molecule has 0 aliphatic rings. The Bertz CT molecular complexity index is 910. The van der Waals surface area contributed by atoms with Crippen molar-refractivity contribution >= 4 is 11.7 Å². The first-order valence-corrected chi connectivity index (χ1v) is 9.08. The largest absolute Gasteiger partial charge is 0.368 e. The second-order valence-electron chi connectivity index (χ2n) is 6.30. The number of ether oxygens (including phenoxy) is 1. The molecule has 0 aliphatic heterocycles. The highest BCUT2D eigenvalue weighted by molar-refractivity contribution is 5.77. The van der Waals surface area contributed by atoms with Gasteiger partial charge in [-0.25, -0.2) is 15.0 Å². The number of hydrogen-bond acceptors (Lipinski definition) is 6. The third-order valence-electron chi connectivity index (χ3n) is 4.25. The van der Waals surface area contributed by atoms with Gasteiger partial charge < -0.3 is 15.4 Å². The summed E-state index contributed by atoms with van der Waals surface area (Å²) in [5.74, 6) is 1.28. The first-order chi connectivity index (χ1) is 13.6. The Morgan fingerprint density at radius 1 is 1.11 bits per heavy atom. The molecule has 0 spiro atoms. The van der Waals surface area contributed by atoms with Crippen LogP contribution in [0.4, 0.5) is 5.82 Å². The van der Waals surface area contributed by atoms with E-state index in [4.69, 9.17) is 4.74 Å². The van der Waals surface area contributed by atoms with Gasteiger partial charge in [0, 0.05) is 24.8 Å². The van der Waals surface area contributed by atoms with E-state index in [0.29, 0.717) is 25.5 Å². The number of nitrogens with one attached hydrogen (secondary N) is 2. The molecule has 2 N–H and O–H groups in total. The molecule has 8 nitrogen and oxygen atoms in total. The highest BCUT2D eigenvalue weighted by Gasteiger charge is 2.07. The number of rotatable bonds is 9. The number of hydrogen-bond donors (Lipinski definition) is 2. The zero-order valence-electron chi connectivity index (χ0n) is 16.1. The fraction of sp³-hybridized carbons (Fsp3) is 0.300. The number of amides is 1. The van der Waals surface area contributed by atoms with Crippen LogP contribution >= 0.6 is 0 Å². The van der Waals surface area contributed by atoms with Crippen LogP contribution in [0.2, 0.25) is 0 Å².